The van der Waals surface area contributed by atoms with E-state index >= 15 is 0 Å². The average molecular weight is 438 g/mol. The van der Waals surface area contributed by atoms with Gasteiger partial charge in [-0.05, 0) is 49.4 Å². The standard InChI is InChI=1S/C24H23FN2O5/c1-13-20(23(29)24(26)30)21-18(32-12-19(28)31-2)10-14-7-5-8-16(14)22(21)27(13)11-15-6-3-4-9-17(15)25/h3-4,6,9-10H,5,7-8,11-12H2,1-2H3,(H2,26,30). The highest BCUT2D eigenvalue weighted by Crippen LogP contribution is 2.41. The molecular formula is C24H23FN2O5. The molecule has 7 nitrogen and oxygen atoms in total. The molecular weight excluding hydrogens is 415 g/mol. The molecule has 0 aliphatic heterocycles. The molecule has 1 aliphatic carbocycles. The second kappa shape index (κ2) is 8.45. The summed E-state index contributed by atoms with van der Waals surface area (Å²) in [5, 5.41) is 0.409. The number of ketones is 1. The van der Waals surface area contributed by atoms with Crippen LogP contribution < -0.4 is 10.5 Å². The third-order valence-electron chi connectivity index (χ3n) is 5.93. The van der Waals surface area contributed by atoms with Crippen molar-refractivity contribution >= 4 is 28.6 Å². The Morgan fingerprint density at radius 1 is 1.19 bits per heavy atom. The zero-order chi connectivity index (χ0) is 23.0. The Bertz CT molecular complexity index is 1260. The molecule has 166 valence electrons. The quantitative estimate of drug-likeness (QED) is 0.347. The number of carbonyl (C=O) groups is 3. The molecule has 0 saturated carbocycles. The van der Waals surface area contributed by atoms with Crippen LogP contribution in [0.5, 0.6) is 5.75 Å². The topological polar surface area (TPSA) is 101 Å². The molecule has 32 heavy (non-hydrogen) atoms. The Hall–Kier alpha value is -3.68. The maximum Gasteiger partial charge on any atom is 0.343 e. The molecule has 1 aromatic heterocycles. The molecule has 1 heterocycles. The van der Waals surface area contributed by atoms with Gasteiger partial charge in [0.2, 0.25) is 0 Å². The lowest BCUT2D eigenvalue weighted by Crippen LogP contribution is -2.24. The van der Waals surface area contributed by atoms with E-state index in [1.54, 1.807) is 31.2 Å². The van der Waals surface area contributed by atoms with Gasteiger partial charge in [-0.15, -0.1) is 0 Å². The molecule has 1 amide bonds. The van der Waals surface area contributed by atoms with Crippen LogP contribution >= 0.6 is 0 Å². The third-order valence-corrected chi connectivity index (χ3v) is 5.93. The van der Waals surface area contributed by atoms with Crippen molar-refractivity contribution in [1.82, 2.24) is 4.57 Å². The molecule has 0 spiro atoms. The molecule has 0 atom stereocenters. The van der Waals surface area contributed by atoms with Crippen LogP contribution in [0, 0.1) is 12.7 Å². The normalized spacial score (nSPS) is 12.6. The van der Waals surface area contributed by atoms with Crippen molar-refractivity contribution in [3.05, 3.63) is 64.1 Å². The maximum atomic E-state index is 14.5. The van der Waals surface area contributed by atoms with Crippen LogP contribution in [0.2, 0.25) is 0 Å². The molecule has 8 heteroatoms. The van der Waals surface area contributed by atoms with Crippen LogP contribution in [0.3, 0.4) is 0 Å². The number of benzene rings is 2. The molecule has 0 bridgehead atoms. The monoisotopic (exact) mass is 438 g/mol. The van der Waals surface area contributed by atoms with Crippen molar-refractivity contribution in [1.29, 1.82) is 0 Å². The summed E-state index contributed by atoms with van der Waals surface area (Å²) < 4.78 is 26.7. The van der Waals surface area contributed by atoms with E-state index in [1.807, 2.05) is 4.57 Å². The van der Waals surface area contributed by atoms with E-state index in [1.165, 1.54) is 13.2 Å². The van der Waals surface area contributed by atoms with Gasteiger partial charge < -0.3 is 19.8 Å². The minimum absolute atomic E-state index is 0.110. The fourth-order valence-electron chi connectivity index (χ4n) is 4.42. The Morgan fingerprint density at radius 2 is 1.94 bits per heavy atom. The minimum Gasteiger partial charge on any atom is -0.481 e. The van der Waals surface area contributed by atoms with E-state index in [0.29, 0.717) is 27.9 Å². The largest absolute Gasteiger partial charge is 0.481 e. The van der Waals surface area contributed by atoms with Crippen molar-refractivity contribution in [2.24, 2.45) is 5.73 Å². The number of halogens is 1. The summed E-state index contributed by atoms with van der Waals surface area (Å²) in [5.41, 5.74) is 9.13. The SMILES string of the molecule is COC(=O)COc1cc2c(c3c1c(C(=O)C(N)=O)c(C)n3Cc1ccccc1F)CCC2. The second-order valence-electron chi connectivity index (χ2n) is 7.79. The number of nitrogens with zero attached hydrogens (tertiary/aromatic N) is 1. The molecule has 2 N–H and O–H groups in total. The number of nitrogens with two attached hydrogens (primary N) is 1. The van der Waals surface area contributed by atoms with Crippen LogP contribution in [-0.2, 0) is 33.7 Å². The zero-order valence-corrected chi connectivity index (χ0v) is 17.9. The lowest BCUT2D eigenvalue weighted by Gasteiger charge is -2.14. The van der Waals surface area contributed by atoms with E-state index < -0.39 is 17.7 Å². The van der Waals surface area contributed by atoms with Crippen LogP contribution in [-0.4, -0.2) is 35.9 Å². The fraction of sp³-hybridized carbons (Fsp3) is 0.292. The lowest BCUT2D eigenvalue weighted by atomic mass is 10.0. The molecule has 2 aromatic carbocycles. The number of carbonyl (C=O) groups excluding carboxylic acids is 3. The number of ether oxygens (including phenoxy) is 2. The van der Waals surface area contributed by atoms with Crippen molar-refractivity contribution < 1.29 is 28.2 Å². The van der Waals surface area contributed by atoms with Crippen LogP contribution in [0.15, 0.2) is 30.3 Å². The molecule has 4 rings (SSSR count). The number of primary amides is 1. The van der Waals surface area contributed by atoms with E-state index in [9.17, 15) is 18.8 Å². The van der Waals surface area contributed by atoms with Crippen LogP contribution in [0.4, 0.5) is 4.39 Å². The Balaban J connectivity index is 2.01. The minimum atomic E-state index is -1.10. The maximum absolute atomic E-state index is 14.5. The zero-order valence-electron chi connectivity index (χ0n) is 17.9. The van der Waals surface area contributed by atoms with Crippen LogP contribution in [0.25, 0.3) is 10.9 Å². The smallest absolute Gasteiger partial charge is 0.343 e. The Kier molecular flexibility index (Phi) is 5.69. The molecule has 0 saturated heterocycles. The summed E-state index contributed by atoms with van der Waals surface area (Å²) in [6.45, 7) is 1.50. The van der Waals surface area contributed by atoms with Gasteiger partial charge in [0.15, 0.2) is 6.61 Å². The summed E-state index contributed by atoms with van der Waals surface area (Å²) in [4.78, 5) is 36.4. The number of rotatable bonds is 7. The predicted octanol–water partition coefficient (Wildman–Crippen LogP) is 2.85. The number of aromatic nitrogens is 1. The molecule has 1 aliphatic rings. The first kappa shape index (κ1) is 21.5. The first-order valence-corrected chi connectivity index (χ1v) is 10.3. The predicted molar refractivity (Wildman–Crippen MR) is 115 cm³/mol. The lowest BCUT2D eigenvalue weighted by molar-refractivity contribution is -0.142. The van der Waals surface area contributed by atoms with Gasteiger partial charge in [-0.1, -0.05) is 18.2 Å². The fourth-order valence-corrected chi connectivity index (χ4v) is 4.42. The van der Waals surface area contributed by atoms with Gasteiger partial charge in [0, 0.05) is 11.3 Å². The number of amides is 1. The number of Topliss-reactive ketones (excluding diaryl/α,β-unsaturated/α-hetero) is 1. The first-order valence-electron chi connectivity index (χ1n) is 10.3. The molecule has 0 radical (unpaired) electrons. The third kappa shape index (κ3) is 3.62. The number of fused-ring (bicyclic) bond motifs is 3. The van der Waals surface area contributed by atoms with Gasteiger partial charge >= 0.3 is 5.97 Å². The van der Waals surface area contributed by atoms with Crippen molar-refractivity contribution in [2.45, 2.75) is 32.7 Å². The number of esters is 1. The number of methoxy groups -OCH3 is 1. The van der Waals surface area contributed by atoms with Crippen molar-refractivity contribution in [3.8, 4) is 5.75 Å². The van der Waals surface area contributed by atoms with E-state index in [0.717, 1.165) is 30.4 Å². The molecule has 0 fully saturated rings. The Morgan fingerprint density at radius 3 is 2.62 bits per heavy atom. The van der Waals surface area contributed by atoms with Crippen LogP contribution in [0.1, 0.15) is 39.2 Å². The number of hydrogen-bond acceptors (Lipinski definition) is 5. The highest BCUT2D eigenvalue weighted by atomic mass is 19.1. The summed E-state index contributed by atoms with van der Waals surface area (Å²) in [5.74, 6) is -2.61. The highest BCUT2D eigenvalue weighted by Gasteiger charge is 2.30. The van der Waals surface area contributed by atoms with E-state index in [4.69, 9.17) is 10.5 Å². The van der Waals surface area contributed by atoms with Crippen molar-refractivity contribution in [3.63, 3.8) is 0 Å². The van der Waals surface area contributed by atoms with E-state index in [2.05, 4.69) is 4.74 Å². The molecule has 3 aromatic rings. The van der Waals surface area contributed by atoms with Gasteiger partial charge in [-0.3, -0.25) is 9.59 Å². The molecule has 0 unspecified atom stereocenters. The summed E-state index contributed by atoms with van der Waals surface area (Å²) in [6, 6.07) is 8.20. The summed E-state index contributed by atoms with van der Waals surface area (Å²) in [6.07, 6.45) is 2.49. The van der Waals surface area contributed by atoms with Gasteiger partial charge in [-0.2, -0.15) is 0 Å². The highest BCUT2D eigenvalue weighted by molar-refractivity contribution is 6.45. The second-order valence-corrected chi connectivity index (χ2v) is 7.79. The number of aryl methyl sites for hydroxylation is 2. The summed E-state index contributed by atoms with van der Waals surface area (Å²) >= 11 is 0. The van der Waals surface area contributed by atoms with Crippen molar-refractivity contribution in [2.75, 3.05) is 13.7 Å². The summed E-state index contributed by atoms with van der Waals surface area (Å²) in [7, 11) is 1.25. The Labute approximate surface area is 183 Å². The van der Waals surface area contributed by atoms with Gasteiger partial charge in [-0.25, -0.2) is 9.18 Å². The van der Waals surface area contributed by atoms with Gasteiger partial charge in [0.1, 0.15) is 11.6 Å². The van der Waals surface area contributed by atoms with Gasteiger partial charge in [0.25, 0.3) is 11.7 Å². The number of hydrogen-bond donors (Lipinski definition) is 1. The van der Waals surface area contributed by atoms with Gasteiger partial charge in [0.05, 0.1) is 30.1 Å². The average Bonchev–Trinajstić information content (AvgIpc) is 3.35. The first-order chi connectivity index (χ1) is 15.3. The van der Waals surface area contributed by atoms with E-state index in [-0.39, 0.29) is 24.5 Å².